The number of anilines is 1. The molecule has 0 aliphatic carbocycles. The molecule has 0 saturated carbocycles. The van der Waals surface area contributed by atoms with Crippen molar-refractivity contribution in [1.82, 2.24) is 0 Å². The van der Waals surface area contributed by atoms with E-state index in [1.165, 1.54) is 37.9 Å². The molecule has 0 bridgehead atoms. The van der Waals surface area contributed by atoms with Crippen LogP contribution in [-0.4, -0.2) is 0 Å². The molecular weight excluding hydrogens is 278 g/mol. The van der Waals surface area contributed by atoms with Gasteiger partial charge in [-0.3, -0.25) is 0 Å². The third-order valence-electron chi connectivity index (χ3n) is 4.68. The minimum absolute atomic E-state index is 0.0476. The molecule has 0 radical (unpaired) electrons. The van der Waals surface area contributed by atoms with Crippen molar-refractivity contribution in [3.8, 4) is 0 Å². The van der Waals surface area contributed by atoms with Crippen LogP contribution in [-0.2, 0) is 5.41 Å². The lowest BCUT2D eigenvalue weighted by molar-refractivity contribution is 0.593. The molecule has 1 nitrogen and oxygen atoms in total. The molecule has 4 rings (SSSR count). The average molecular weight is 299 g/mol. The molecule has 2 N–H and O–H groups in total. The molecule has 0 atom stereocenters. The highest BCUT2D eigenvalue weighted by atomic mass is 14.6. The molecule has 0 heterocycles. The Labute approximate surface area is 136 Å². The molecular formula is C22H21N. The Balaban J connectivity index is 2.12. The van der Waals surface area contributed by atoms with Crippen molar-refractivity contribution >= 4 is 38.0 Å². The van der Waals surface area contributed by atoms with Crippen LogP contribution >= 0.6 is 0 Å². The largest absolute Gasteiger partial charge is 0.398 e. The molecule has 0 aliphatic rings. The number of nitrogens with two attached hydrogens (primary N) is 1. The average Bonchev–Trinajstić information content (AvgIpc) is 2.51. The fourth-order valence-electron chi connectivity index (χ4n) is 3.47. The molecule has 0 amide bonds. The van der Waals surface area contributed by atoms with Crippen molar-refractivity contribution in [2.75, 3.05) is 5.73 Å². The second-order valence-electron chi connectivity index (χ2n) is 7.40. The fourth-order valence-corrected chi connectivity index (χ4v) is 3.47. The molecule has 0 saturated heterocycles. The summed E-state index contributed by atoms with van der Waals surface area (Å²) < 4.78 is 0. The van der Waals surface area contributed by atoms with E-state index in [0.29, 0.717) is 0 Å². The first-order chi connectivity index (χ1) is 10.9. The molecule has 1 heteroatoms. The number of hydrogen-bond donors (Lipinski definition) is 1. The molecule has 23 heavy (non-hydrogen) atoms. The fraction of sp³-hybridized carbons (Fsp3) is 0.182. The van der Waals surface area contributed by atoms with Gasteiger partial charge in [-0.2, -0.15) is 0 Å². The van der Waals surface area contributed by atoms with Crippen molar-refractivity contribution in [2.24, 2.45) is 0 Å². The lowest BCUT2D eigenvalue weighted by atomic mass is 9.84. The van der Waals surface area contributed by atoms with Gasteiger partial charge in [-0.1, -0.05) is 57.2 Å². The van der Waals surface area contributed by atoms with Crippen molar-refractivity contribution in [2.45, 2.75) is 26.2 Å². The van der Waals surface area contributed by atoms with Crippen molar-refractivity contribution in [3.63, 3.8) is 0 Å². The normalized spacial score (nSPS) is 12.3. The first kappa shape index (κ1) is 14.1. The predicted octanol–water partition coefficient (Wildman–Crippen LogP) is 6.03. The van der Waals surface area contributed by atoms with E-state index >= 15 is 0 Å². The van der Waals surface area contributed by atoms with E-state index in [1.54, 1.807) is 0 Å². The number of hydrogen-bond acceptors (Lipinski definition) is 1. The van der Waals surface area contributed by atoms with E-state index < -0.39 is 0 Å². The van der Waals surface area contributed by atoms with Gasteiger partial charge in [-0.25, -0.2) is 0 Å². The van der Waals surface area contributed by atoms with Crippen molar-refractivity contribution in [3.05, 3.63) is 66.2 Å². The summed E-state index contributed by atoms with van der Waals surface area (Å²) >= 11 is 0. The summed E-state index contributed by atoms with van der Waals surface area (Å²) in [6.07, 6.45) is 0. The SMILES string of the molecule is CC(C)(C)c1cc2cc3c(ccc4ccccc43)cc2cc1N. The second-order valence-corrected chi connectivity index (χ2v) is 7.40. The Bertz CT molecular complexity index is 1050. The zero-order valence-electron chi connectivity index (χ0n) is 13.9. The van der Waals surface area contributed by atoms with Gasteiger partial charge in [0, 0.05) is 5.69 Å². The van der Waals surface area contributed by atoms with Gasteiger partial charge in [-0.15, -0.1) is 0 Å². The highest BCUT2D eigenvalue weighted by Crippen LogP contribution is 2.35. The summed E-state index contributed by atoms with van der Waals surface area (Å²) in [5.74, 6) is 0. The smallest absolute Gasteiger partial charge is 0.0358 e. The maximum Gasteiger partial charge on any atom is 0.0358 e. The quantitative estimate of drug-likeness (QED) is 0.239. The van der Waals surface area contributed by atoms with Crippen LogP contribution in [0, 0.1) is 0 Å². The number of rotatable bonds is 0. The molecule has 0 fully saturated rings. The topological polar surface area (TPSA) is 26.0 Å². The molecule has 4 aromatic rings. The highest BCUT2D eigenvalue weighted by molar-refractivity contribution is 6.12. The second kappa shape index (κ2) is 4.73. The van der Waals surface area contributed by atoms with E-state index in [2.05, 4.69) is 81.4 Å². The molecule has 0 aromatic heterocycles. The zero-order chi connectivity index (χ0) is 16.2. The Morgan fingerprint density at radius 3 is 2.13 bits per heavy atom. The first-order valence-electron chi connectivity index (χ1n) is 8.09. The first-order valence-corrected chi connectivity index (χ1v) is 8.09. The van der Waals surface area contributed by atoms with Crippen LogP contribution in [0.5, 0.6) is 0 Å². The van der Waals surface area contributed by atoms with Crippen LogP contribution in [0.2, 0.25) is 0 Å². The molecule has 0 aliphatic heterocycles. The summed E-state index contributed by atoms with van der Waals surface area (Å²) in [6.45, 7) is 6.63. The van der Waals surface area contributed by atoms with Crippen LogP contribution in [0.4, 0.5) is 5.69 Å². The summed E-state index contributed by atoms with van der Waals surface area (Å²) in [4.78, 5) is 0. The van der Waals surface area contributed by atoms with Gasteiger partial charge >= 0.3 is 0 Å². The number of benzene rings is 4. The molecule has 0 spiro atoms. The van der Waals surface area contributed by atoms with Crippen molar-refractivity contribution < 1.29 is 0 Å². The summed E-state index contributed by atoms with van der Waals surface area (Å²) in [6, 6.07) is 21.9. The van der Waals surface area contributed by atoms with Gasteiger partial charge in [0.2, 0.25) is 0 Å². The van der Waals surface area contributed by atoms with Gasteiger partial charge in [0.15, 0.2) is 0 Å². The van der Waals surface area contributed by atoms with E-state index in [4.69, 9.17) is 5.73 Å². The van der Waals surface area contributed by atoms with E-state index in [-0.39, 0.29) is 5.41 Å². The van der Waals surface area contributed by atoms with Crippen LogP contribution in [0.25, 0.3) is 32.3 Å². The Hall–Kier alpha value is -2.54. The molecule has 0 unspecified atom stereocenters. The van der Waals surface area contributed by atoms with Crippen LogP contribution in [0.1, 0.15) is 26.3 Å². The minimum atomic E-state index is 0.0476. The molecule has 114 valence electrons. The van der Waals surface area contributed by atoms with Crippen LogP contribution < -0.4 is 5.73 Å². The van der Waals surface area contributed by atoms with E-state index in [0.717, 1.165) is 5.69 Å². The van der Waals surface area contributed by atoms with Gasteiger partial charge in [0.25, 0.3) is 0 Å². The number of fused-ring (bicyclic) bond motifs is 4. The number of nitrogen functional groups attached to an aromatic ring is 1. The third kappa shape index (κ3) is 2.24. The summed E-state index contributed by atoms with van der Waals surface area (Å²) in [5, 5.41) is 7.62. The molecule has 4 aromatic carbocycles. The van der Waals surface area contributed by atoms with Gasteiger partial charge in [0.05, 0.1) is 0 Å². The Morgan fingerprint density at radius 1 is 0.652 bits per heavy atom. The van der Waals surface area contributed by atoms with Crippen LogP contribution in [0.3, 0.4) is 0 Å². The lowest BCUT2D eigenvalue weighted by Gasteiger charge is -2.22. The highest BCUT2D eigenvalue weighted by Gasteiger charge is 2.17. The van der Waals surface area contributed by atoms with Crippen LogP contribution in [0.15, 0.2) is 60.7 Å². The summed E-state index contributed by atoms with van der Waals surface area (Å²) in [5.41, 5.74) is 8.45. The minimum Gasteiger partial charge on any atom is -0.398 e. The summed E-state index contributed by atoms with van der Waals surface area (Å²) in [7, 11) is 0. The Kier molecular flexibility index (Phi) is 2.89. The third-order valence-corrected chi connectivity index (χ3v) is 4.68. The van der Waals surface area contributed by atoms with Gasteiger partial charge in [-0.05, 0) is 67.6 Å². The van der Waals surface area contributed by atoms with Crippen molar-refractivity contribution in [1.29, 1.82) is 0 Å². The lowest BCUT2D eigenvalue weighted by Crippen LogP contribution is -2.13. The standard InChI is InChI=1S/C22H21N/c1-22(2,3)20-12-17-11-19-15(10-16(17)13-21(20)23)9-8-14-6-4-5-7-18(14)19/h4-13H,23H2,1-3H3. The maximum atomic E-state index is 6.31. The predicted molar refractivity (Wildman–Crippen MR) is 102 cm³/mol. The Morgan fingerprint density at radius 2 is 1.35 bits per heavy atom. The van der Waals surface area contributed by atoms with E-state index in [1.807, 2.05) is 0 Å². The monoisotopic (exact) mass is 299 g/mol. The van der Waals surface area contributed by atoms with Gasteiger partial charge < -0.3 is 5.73 Å². The maximum absolute atomic E-state index is 6.31. The van der Waals surface area contributed by atoms with Gasteiger partial charge in [0.1, 0.15) is 0 Å². The van der Waals surface area contributed by atoms with E-state index in [9.17, 15) is 0 Å². The zero-order valence-corrected chi connectivity index (χ0v) is 13.9.